The van der Waals surface area contributed by atoms with Gasteiger partial charge in [0.05, 0.1) is 0 Å². The van der Waals surface area contributed by atoms with E-state index in [4.69, 9.17) is 4.42 Å². The normalized spacial score (nSPS) is 10.9. The maximum Gasteiger partial charge on any atom is 0.311 e. The molecule has 2 aromatic carbocycles. The van der Waals surface area contributed by atoms with E-state index >= 15 is 0 Å². The van der Waals surface area contributed by atoms with E-state index < -0.39 is 0 Å². The van der Waals surface area contributed by atoms with Crippen LogP contribution in [0.1, 0.15) is 41.6 Å². The minimum absolute atomic E-state index is 0.0300. The third kappa shape index (κ3) is 4.57. The summed E-state index contributed by atoms with van der Waals surface area (Å²) in [6.07, 6.45) is 1.42. The highest BCUT2D eigenvalue weighted by molar-refractivity contribution is 5.89. The monoisotopic (exact) mass is 349 g/mol. The van der Waals surface area contributed by atoms with Gasteiger partial charge in [-0.1, -0.05) is 60.7 Å². The van der Waals surface area contributed by atoms with Crippen molar-refractivity contribution in [3.8, 4) is 0 Å². The minimum atomic E-state index is -0.234. The summed E-state index contributed by atoms with van der Waals surface area (Å²) in [5, 5.41) is 8.00. The first-order chi connectivity index (χ1) is 12.6. The molecular weight excluding hydrogens is 326 g/mol. The Bertz CT molecular complexity index is 829. The van der Waals surface area contributed by atoms with Crippen LogP contribution in [0.25, 0.3) is 0 Å². The van der Waals surface area contributed by atoms with E-state index in [0.29, 0.717) is 18.9 Å². The second-order valence-corrected chi connectivity index (χ2v) is 6.50. The Morgan fingerprint density at radius 1 is 0.923 bits per heavy atom. The van der Waals surface area contributed by atoms with Crippen LogP contribution in [-0.2, 0) is 19.4 Å². The van der Waals surface area contributed by atoms with Gasteiger partial charge >= 0.3 is 11.8 Å². The molecule has 0 radical (unpaired) electrons. The summed E-state index contributed by atoms with van der Waals surface area (Å²) in [6.45, 7) is 4.47. The van der Waals surface area contributed by atoms with Gasteiger partial charge in [0.25, 0.3) is 0 Å². The number of aryl methyl sites for hydroxylation is 2. The van der Waals surface area contributed by atoms with Crippen molar-refractivity contribution in [2.24, 2.45) is 0 Å². The first-order valence-electron chi connectivity index (χ1n) is 8.84. The van der Waals surface area contributed by atoms with E-state index in [9.17, 15) is 4.79 Å². The molecule has 0 aliphatic rings. The Morgan fingerprint density at radius 2 is 1.54 bits per heavy atom. The summed E-state index contributed by atoms with van der Waals surface area (Å²) >= 11 is 0. The van der Waals surface area contributed by atoms with E-state index in [1.165, 1.54) is 5.56 Å². The van der Waals surface area contributed by atoms with Crippen molar-refractivity contribution in [3.05, 3.63) is 83.6 Å². The number of benzene rings is 2. The predicted octanol–water partition coefficient (Wildman–Crippen LogP) is 3.91. The van der Waals surface area contributed by atoms with Crippen LogP contribution in [0.3, 0.4) is 0 Å². The van der Waals surface area contributed by atoms with Gasteiger partial charge in [0, 0.05) is 19.0 Å². The molecule has 0 fully saturated rings. The van der Waals surface area contributed by atoms with Gasteiger partial charge in [0.15, 0.2) is 0 Å². The molecule has 0 aliphatic heterocycles. The van der Waals surface area contributed by atoms with Crippen molar-refractivity contribution >= 4 is 5.91 Å². The van der Waals surface area contributed by atoms with E-state index in [1.807, 2.05) is 62.4 Å². The zero-order valence-corrected chi connectivity index (χ0v) is 15.1. The Morgan fingerprint density at radius 3 is 2.15 bits per heavy atom. The average molecular weight is 349 g/mol. The first-order valence-corrected chi connectivity index (χ1v) is 8.84. The van der Waals surface area contributed by atoms with Gasteiger partial charge in [0.1, 0.15) is 0 Å². The van der Waals surface area contributed by atoms with Gasteiger partial charge < -0.3 is 9.32 Å². The Kier molecular flexibility index (Phi) is 5.79. The third-order valence-electron chi connectivity index (χ3n) is 4.20. The fraction of sp³-hybridized carbons (Fsp3) is 0.286. The Balaban J connectivity index is 1.67. The molecule has 0 bridgehead atoms. The number of carbonyl (C=O) groups excluding carboxylic acids is 1. The highest BCUT2D eigenvalue weighted by atomic mass is 16.4. The van der Waals surface area contributed by atoms with Crippen molar-refractivity contribution in [2.75, 3.05) is 0 Å². The van der Waals surface area contributed by atoms with Crippen LogP contribution in [-0.4, -0.2) is 27.0 Å². The second-order valence-electron chi connectivity index (χ2n) is 6.50. The first kappa shape index (κ1) is 17.9. The standard InChI is InChI=1S/C21H23N3O2/c1-16(2)24(15-18-11-7-4-8-12-18)21(25)20-23-22-19(26-20)14-13-17-9-5-3-6-10-17/h3-12,16H,13-15H2,1-2H3. The molecule has 0 unspecified atom stereocenters. The number of amides is 1. The molecule has 3 aromatic rings. The second kappa shape index (κ2) is 8.43. The van der Waals surface area contributed by atoms with Crippen molar-refractivity contribution in [1.29, 1.82) is 0 Å². The smallest absolute Gasteiger partial charge is 0.311 e. The molecule has 1 aromatic heterocycles. The van der Waals surface area contributed by atoms with Crippen LogP contribution < -0.4 is 0 Å². The Hall–Kier alpha value is -2.95. The maximum absolute atomic E-state index is 12.8. The molecular formula is C21H23N3O2. The lowest BCUT2D eigenvalue weighted by Crippen LogP contribution is -2.36. The third-order valence-corrected chi connectivity index (χ3v) is 4.20. The van der Waals surface area contributed by atoms with Crippen LogP contribution in [0.2, 0.25) is 0 Å². The molecule has 0 spiro atoms. The predicted molar refractivity (Wildman–Crippen MR) is 99.6 cm³/mol. The van der Waals surface area contributed by atoms with Crippen LogP contribution in [0.4, 0.5) is 0 Å². The van der Waals surface area contributed by atoms with Gasteiger partial charge in [0.2, 0.25) is 5.89 Å². The fourth-order valence-corrected chi connectivity index (χ4v) is 2.73. The number of aromatic nitrogens is 2. The Labute approximate surface area is 153 Å². The summed E-state index contributed by atoms with van der Waals surface area (Å²) in [7, 11) is 0. The summed E-state index contributed by atoms with van der Waals surface area (Å²) in [5.41, 5.74) is 2.27. The molecule has 0 atom stereocenters. The largest absolute Gasteiger partial charge is 0.417 e. The molecule has 0 saturated carbocycles. The topological polar surface area (TPSA) is 59.2 Å². The minimum Gasteiger partial charge on any atom is -0.417 e. The van der Waals surface area contributed by atoms with Crippen molar-refractivity contribution < 1.29 is 9.21 Å². The fourth-order valence-electron chi connectivity index (χ4n) is 2.73. The van der Waals surface area contributed by atoms with Crippen molar-refractivity contribution in [3.63, 3.8) is 0 Å². The lowest BCUT2D eigenvalue weighted by Gasteiger charge is -2.25. The van der Waals surface area contributed by atoms with Crippen LogP contribution in [0, 0.1) is 0 Å². The van der Waals surface area contributed by atoms with Crippen molar-refractivity contribution in [1.82, 2.24) is 15.1 Å². The molecule has 134 valence electrons. The van der Waals surface area contributed by atoms with Gasteiger partial charge in [-0.25, -0.2) is 0 Å². The number of hydrogen-bond donors (Lipinski definition) is 0. The number of hydrogen-bond acceptors (Lipinski definition) is 4. The van der Waals surface area contributed by atoms with Crippen LogP contribution in [0.15, 0.2) is 65.1 Å². The molecule has 5 nitrogen and oxygen atoms in total. The molecule has 26 heavy (non-hydrogen) atoms. The maximum atomic E-state index is 12.8. The molecule has 0 aliphatic carbocycles. The zero-order chi connectivity index (χ0) is 18.4. The molecule has 3 rings (SSSR count). The van der Waals surface area contributed by atoms with Gasteiger partial charge in [-0.2, -0.15) is 0 Å². The van der Waals surface area contributed by atoms with E-state index in [1.54, 1.807) is 4.90 Å². The zero-order valence-electron chi connectivity index (χ0n) is 15.1. The quantitative estimate of drug-likeness (QED) is 0.649. The summed E-state index contributed by atoms with van der Waals surface area (Å²) < 4.78 is 5.62. The number of carbonyl (C=O) groups is 1. The van der Waals surface area contributed by atoms with E-state index in [0.717, 1.165) is 12.0 Å². The van der Waals surface area contributed by atoms with Crippen LogP contribution in [0.5, 0.6) is 0 Å². The molecule has 5 heteroatoms. The molecule has 0 saturated heterocycles. The highest BCUT2D eigenvalue weighted by Crippen LogP contribution is 2.14. The summed E-state index contributed by atoms with van der Waals surface area (Å²) in [5.74, 6) is 0.306. The molecule has 1 amide bonds. The van der Waals surface area contributed by atoms with E-state index in [-0.39, 0.29) is 17.8 Å². The number of rotatable bonds is 7. The lowest BCUT2D eigenvalue weighted by molar-refractivity contribution is 0.0647. The number of nitrogens with zero attached hydrogens (tertiary/aromatic N) is 3. The summed E-state index contributed by atoms with van der Waals surface area (Å²) in [4.78, 5) is 14.5. The van der Waals surface area contributed by atoms with E-state index in [2.05, 4.69) is 22.3 Å². The summed E-state index contributed by atoms with van der Waals surface area (Å²) in [6, 6.07) is 20.0. The highest BCUT2D eigenvalue weighted by Gasteiger charge is 2.24. The van der Waals surface area contributed by atoms with Crippen LogP contribution >= 0.6 is 0 Å². The lowest BCUT2D eigenvalue weighted by atomic mass is 10.1. The SMILES string of the molecule is CC(C)N(Cc1ccccc1)C(=O)c1nnc(CCc2ccccc2)o1. The van der Waals surface area contributed by atoms with Crippen molar-refractivity contribution in [2.45, 2.75) is 39.3 Å². The molecule has 1 heterocycles. The average Bonchev–Trinajstić information content (AvgIpc) is 3.14. The van der Waals surface area contributed by atoms with Gasteiger partial charge in [-0.15, -0.1) is 10.2 Å². The van der Waals surface area contributed by atoms with Gasteiger partial charge in [-0.3, -0.25) is 4.79 Å². The van der Waals surface area contributed by atoms with Gasteiger partial charge in [-0.05, 0) is 31.4 Å². The molecule has 0 N–H and O–H groups in total.